The van der Waals surface area contributed by atoms with Gasteiger partial charge in [0.15, 0.2) is 0 Å². The zero-order valence-corrected chi connectivity index (χ0v) is 14.1. The summed E-state index contributed by atoms with van der Waals surface area (Å²) in [4.78, 5) is 12.1. The Bertz CT molecular complexity index is 629. The molecule has 0 atom stereocenters. The minimum Gasteiger partial charge on any atom is -0.355 e. The summed E-state index contributed by atoms with van der Waals surface area (Å²) in [6.07, 6.45) is 0.414. The van der Waals surface area contributed by atoms with Crippen molar-refractivity contribution in [2.45, 2.75) is 32.6 Å². The number of nitrogens with one attached hydrogen (secondary N) is 1. The number of amides is 1. The molecule has 0 aliphatic heterocycles. The molecule has 0 aliphatic carbocycles. The van der Waals surface area contributed by atoms with Crippen LogP contribution in [-0.2, 0) is 16.6 Å². The fraction of sp³-hybridized carbons (Fsp3) is 0.316. The summed E-state index contributed by atoms with van der Waals surface area (Å²) in [6.45, 7) is 6.86. The second kappa shape index (κ2) is 6.97. The summed E-state index contributed by atoms with van der Waals surface area (Å²) in [5.74, 6) is 0.0471. The summed E-state index contributed by atoms with van der Waals surface area (Å²) in [7, 11) is 0. The molecule has 2 nitrogen and oxygen atoms in total. The number of benzene rings is 2. The van der Waals surface area contributed by atoms with Crippen LogP contribution in [0.15, 0.2) is 48.5 Å². The van der Waals surface area contributed by atoms with Crippen molar-refractivity contribution in [1.82, 2.24) is 5.32 Å². The highest BCUT2D eigenvalue weighted by atomic mass is 35.5. The molecule has 0 heterocycles. The molecule has 0 radical (unpaired) electrons. The van der Waals surface area contributed by atoms with E-state index < -0.39 is 0 Å². The van der Waals surface area contributed by atoms with Crippen molar-refractivity contribution < 1.29 is 4.79 Å². The maximum absolute atomic E-state index is 12.1. The van der Waals surface area contributed by atoms with Gasteiger partial charge >= 0.3 is 0 Å². The lowest BCUT2D eigenvalue weighted by atomic mass is 9.84. The van der Waals surface area contributed by atoms with Crippen LogP contribution in [0.2, 0.25) is 5.02 Å². The van der Waals surface area contributed by atoms with Crippen molar-refractivity contribution in [3.05, 3.63) is 70.2 Å². The zero-order valence-electron chi connectivity index (χ0n) is 13.3. The Kier molecular flexibility index (Phi) is 5.25. The summed E-state index contributed by atoms with van der Waals surface area (Å²) in [5, 5.41) is 3.75. The van der Waals surface area contributed by atoms with Crippen LogP contribution in [0.5, 0.6) is 0 Å². The van der Waals surface area contributed by atoms with Gasteiger partial charge in [-0.1, -0.05) is 67.4 Å². The molecule has 116 valence electrons. The third-order valence-corrected chi connectivity index (χ3v) is 4.09. The number of carbonyl (C=O) groups excluding carboxylic acids is 1. The molecule has 0 aliphatic rings. The SMILES string of the molecule is Cc1ccc(CC(=O)NCC(C)(C)c2ccc(Cl)cc2)cc1. The molecule has 0 fully saturated rings. The van der Waals surface area contributed by atoms with Crippen LogP contribution in [0.3, 0.4) is 0 Å². The fourth-order valence-electron chi connectivity index (χ4n) is 2.28. The summed E-state index contributed by atoms with van der Waals surface area (Å²) in [6, 6.07) is 15.8. The highest BCUT2D eigenvalue weighted by Gasteiger charge is 2.21. The van der Waals surface area contributed by atoms with Gasteiger partial charge in [-0.2, -0.15) is 0 Å². The van der Waals surface area contributed by atoms with Crippen molar-refractivity contribution in [1.29, 1.82) is 0 Å². The standard InChI is InChI=1S/C19H22ClNO/c1-14-4-6-15(7-5-14)12-18(22)21-13-19(2,3)16-8-10-17(20)11-9-16/h4-11H,12-13H2,1-3H3,(H,21,22). The zero-order chi connectivity index (χ0) is 16.2. The summed E-state index contributed by atoms with van der Waals surface area (Å²) < 4.78 is 0. The van der Waals surface area contributed by atoms with Crippen LogP contribution in [0.1, 0.15) is 30.5 Å². The first kappa shape index (κ1) is 16.6. The number of carbonyl (C=O) groups is 1. The smallest absolute Gasteiger partial charge is 0.224 e. The summed E-state index contributed by atoms with van der Waals surface area (Å²) >= 11 is 5.92. The largest absolute Gasteiger partial charge is 0.355 e. The molecule has 0 saturated carbocycles. The van der Waals surface area contributed by atoms with Crippen molar-refractivity contribution in [2.24, 2.45) is 0 Å². The van der Waals surface area contributed by atoms with Crippen LogP contribution in [-0.4, -0.2) is 12.5 Å². The Balaban J connectivity index is 1.92. The van der Waals surface area contributed by atoms with Crippen molar-refractivity contribution in [3.63, 3.8) is 0 Å². The Labute approximate surface area is 137 Å². The predicted molar refractivity (Wildman–Crippen MR) is 92.4 cm³/mol. The predicted octanol–water partition coefficient (Wildman–Crippen LogP) is 4.28. The number of halogens is 1. The lowest BCUT2D eigenvalue weighted by molar-refractivity contribution is -0.120. The van der Waals surface area contributed by atoms with Gasteiger partial charge in [0.05, 0.1) is 6.42 Å². The average molecular weight is 316 g/mol. The minimum absolute atomic E-state index is 0.0471. The normalized spacial score (nSPS) is 11.3. The molecule has 2 aromatic rings. The minimum atomic E-state index is -0.131. The van der Waals surface area contributed by atoms with E-state index in [4.69, 9.17) is 11.6 Å². The van der Waals surface area contributed by atoms with Gasteiger partial charge in [0.2, 0.25) is 5.91 Å². The first-order valence-electron chi connectivity index (χ1n) is 7.45. The topological polar surface area (TPSA) is 29.1 Å². The molecule has 0 unspecified atom stereocenters. The molecule has 0 saturated heterocycles. The lowest BCUT2D eigenvalue weighted by Gasteiger charge is -2.25. The molecular formula is C19H22ClNO. The van der Waals surface area contributed by atoms with Gasteiger partial charge in [0, 0.05) is 17.0 Å². The van der Waals surface area contributed by atoms with E-state index in [0.717, 1.165) is 16.1 Å². The third kappa shape index (κ3) is 4.60. The monoisotopic (exact) mass is 315 g/mol. The molecule has 2 aromatic carbocycles. The molecule has 3 heteroatoms. The molecule has 1 amide bonds. The van der Waals surface area contributed by atoms with Gasteiger partial charge in [-0.05, 0) is 30.2 Å². The first-order chi connectivity index (χ1) is 10.4. The van der Waals surface area contributed by atoms with E-state index in [1.807, 2.05) is 55.5 Å². The molecule has 0 bridgehead atoms. The van der Waals surface area contributed by atoms with Crippen LogP contribution in [0, 0.1) is 6.92 Å². The van der Waals surface area contributed by atoms with Crippen molar-refractivity contribution in [3.8, 4) is 0 Å². The van der Waals surface area contributed by atoms with Gasteiger partial charge in [-0.3, -0.25) is 4.79 Å². The lowest BCUT2D eigenvalue weighted by Crippen LogP contribution is -2.37. The number of rotatable bonds is 5. The van der Waals surface area contributed by atoms with Crippen LogP contribution < -0.4 is 5.32 Å². The van der Waals surface area contributed by atoms with E-state index in [2.05, 4.69) is 19.2 Å². The number of hydrogen-bond acceptors (Lipinski definition) is 1. The third-order valence-electron chi connectivity index (χ3n) is 3.84. The number of hydrogen-bond donors (Lipinski definition) is 1. The molecule has 22 heavy (non-hydrogen) atoms. The Hall–Kier alpha value is -1.80. The molecule has 0 aromatic heterocycles. The highest BCUT2D eigenvalue weighted by molar-refractivity contribution is 6.30. The average Bonchev–Trinajstić information content (AvgIpc) is 2.48. The van der Waals surface area contributed by atoms with E-state index in [0.29, 0.717) is 13.0 Å². The van der Waals surface area contributed by atoms with Gasteiger partial charge in [0.25, 0.3) is 0 Å². The van der Waals surface area contributed by atoms with Gasteiger partial charge in [-0.15, -0.1) is 0 Å². The van der Waals surface area contributed by atoms with Crippen LogP contribution >= 0.6 is 11.6 Å². The molecular weight excluding hydrogens is 294 g/mol. The van der Waals surface area contributed by atoms with Gasteiger partial charge < -0.3 is 5.32 Å². The van der Waals surface area contributed by atoms with Crippen molar-refractivity contribution >= 4 is 17.5 Å². The van der Waals surface area contributed by atoms with E-state index in [1.165, 1.54) is 5.56 Å². The molecule has 1 N–H and O–H groups in total. The van der Waals surface area contributed by atoms with E-state index >= 15 is 0 Å². The maximum Gasteiger partial charge on any atom is 0.224 e. The molecule has 2 rings (SSSR count). The Morgan fingerprint density at radius 2 is 1.64 bits per heavy atom. The second-order valence-electron chi connectivity index (χ2n) is 6.33. The first-order valence-corrected chi connectivity index (χ1v) is 7.83. The van der Waals surface area contributed by atoms with E-state index in [-0.39, 0.29) is 11.3 Å². The maximum atomic E-state index is 12.1. The summed E-state index contributed by atoms with van der Waals surface area (Å²) in [5.41, 5.74) is 3.26. The fourth-order valence-corrected chi connectivity index (χ4v) is 2.40. The quantitative estimate of drug-likeness (QED) is 0.876. The Morgan fingerprint density at radius 1 is 1.05 bits per heavy atom. The van der Waals surface area contributed by atoms with Gasteiger partial charge in [0.1, 0.15) is 0 Å². The second-order valence-corrected chi connectivity index (χ2v) is 6.77. The Morgan fingerprint density at radius 3 is 2.23 bits per heavy atom. The van der Waals surface area contributed by atoms with E-state index in [9.17, 15) is 4.79 Å². The van der Waals surface area contributed by atoms with Crippen LogP contribution in [0.4, 0.5) is 0 Å². The van der Waals surface area contributed by atoms with Gasteiger partial charge in [-0.25, -0.2) is 0 Å². The van der Waals surface area contributed by atoms with E-state index in [1.54, 1.807) is 0 Å². The number of aryl methyl sites for hydroxylation is 1. The molecule has 0 spiro atoms. The van der Waals surface area contributed by atoms with Crippen LogP contribution in [0.25, 0.3) is 0 Å². The van der Waals surface area contributed by atoms with Crippen molar-refractivity contribution in [2.75, 3.05) is 6.54 Å². The highest BCUT2D eigenvalue weighted by Crippen LogP contribution is 2.23.